The minimum absolute atomic E-state index is 0.0332. The van der Waals surface area contributed by atoms with E-state index >= 15 is 0 Å². The number of benzene rings is 2. The number of nitrogens with one attached hydrogen (secondary N) is 1. The van der Waals surface area contributed by atoms with Crippen LogP contribution < -0.4 is 10.1 Å². The first kappa shape index (κ1) is 22.2. The number of hydrogen-bond donors (Lipinski definition) is 1. The van der Waals surface area contributed by atoms with Gasteiger partial charge in [-0.15, -0.1) is 0 Å². The number of rotatable bonds is 6. The SMILES string of the molecule is CCOc1ccc(C(=O)Nc2cc(Cl)c(Cl)cc2Cl)cc1S(=O)(=O)N1CCCC1. The van der Waals surface area contributed by atoms with Crippen LogP contribution in [0.5, 0.6) is 5.75 Å². The van der Waals surface area contributed by atoms with E-state index in [1.807, 2.05) is 0 Å². The van der Waals surface area contributed by atoms with Crippen molar-refractivity contribution in [2.45, 2.75) is 24.7 Å². The van der Waals surface area contributed by atoms with Crippen LogP contribution in [-0.4, -0.2) is 38.3 Å². The summed E-state index contributed by atoms with van der Waals surface area (Å²) in [5.41, 5.74) is 0.414. The van der Waals surface area contributed by atoms with E-state index in [4.69, 9.17) is 39.5 Å². The summed E-state index contributed by atoms with van der Waals surface area (Å²) in [5, 5.41) is 3.33. The first-order valence-corrected chi connectivity index (χ1v) is 11.5. The summed E-state index contributed by atoms with van der Waals surface area (Å²) < 4.78 is 33.0. The highest BCUT2D eigenvalue weighted by atomic mass is 35.5. The number of anilines is 1. The molecule has 2 aromatic rings. The monoisotopic (exact) mass is 476 g/mol. The summed E-state index contributed by atoms with van der Waals surface area (Å²) >= 11 is 18.0. The second kappa shape index (κ2) is 9.10. The third kappa shape index (κ3) is 4.81. The average molecular weight is 478 g/mol. The first-order valence-electron chi connectivity index (χ1n) is 8.97. The maximum atomic E-state index is 13.1. The fourth-order valence-electron chi connectivity index (χ4n) is 3.01. The van der Waals surface area contributed by atoms with E-state index in [1.165, 1.54) is 34.6 Å². The van der Waals surface area contributed by atoms with Gasteiger partial charge in [0, 0.05) is 18.7 Å². The quantitative estimate of drug-likeness (QED) is 0.589. The Bertz CT molecular complexity index is 1040. The zero-order chi connectivity index (χ0) is 21.2. The van der Waals surface area contributed by atoms with Crippen LogP contribution in [0, 0.1) is 0 Å². The lowest BCUT2D eigenvalue weighted by atomic mass is 10.2. The van der Waals surface area contributed by atoms with Gasteiger partial charge < -0.3 is 10.1 Å². The van der Waals surface area contributed by atoms with E-state index in [0.717, 1.165) is 12.8 Å². The van der Waals surface area contributed by atoms with E-state index in [2.05, 4.69) is 5.32 Å². The van der Waals surface area contributed by atoms with Gasteiger partial charge in [0.2, 0.25) is 10.0 Å². The van der Waals surface area contributed by atoms with Gasteiger partial charge in [-0.25, -0.2) is 8.42 Å². The van der Waals surface area contributed by atoms with Gasteiger partial charge in [0.1, 0.15) is 10.6 Å². The van der Waals surface area contributed by atoms with E-state index in [-0.39, 0.29) is 37.0 Å². The molecule has 0 spiro atoms. The summed E-state index contributed by atoms with van der Waals surface area (Å²) in [6, 6.07) is 7.15. The fraction of sp³-hybridized carbons (Fsp3) is 0.316. The largest absolute Gasteiger partial charge is 0.492 e. The molecule has 3 rings (SSSR count). The minimum atomic E-state index is -3.78. The molecule has 1 heterocycles. The molecule has 0 bridgehead atoms. The molecule has 1 fully saturated rings. The highest BCUT2D eigenvalue weighted by Gasteiger charge is 2.31. The van der Waals surface area contributed by atoms with Crippen LogP contribution in [0.15, 0.2) is 35.2 Å². The van der Waals surface area contributed by atoms with Crippen LogP contribution in [-0.2, 0) is 10.0 Å². The van der Waals surface area contributed by atoms with Gasteiger partial charge in [-0.05, 0) is 50.1 Å². The molecular formula is C19H19Cl3N2O4S. The Kier molecular flexibility index (Phi) is 6.96. The zero-order valence-corrected chi connectivity index (χ0v) is 18.6. The van der Waals surface area contributed by atoms with Crippen molar-refractivity contribution < 1.29 is 17.9 Å². The normalized spacial score (nSPS) is 14.8. The molecule has 1 amide bonds. The number of hydrogen-bond acceptors (Lipinski definition) is 4. The van der Waals surface area contributed by atoms with Crippen molar-refractivity contribution in [3.05, 3.63) is 51.0 Å². The van der Waals surface area contributed by atoms with Gasteiger partial charge in [0.05, 0.1) is 27.4 Å². The van der Waals surface area contributed by atoms with Crippen molar-refractivity contribution in [1.82, 2.24) is 4.31 Å². The highest BCUT2D eigenvalue weighted by molar-refractivity contribution is 7.89. The molecule has 29 heavy (non-hydrogen) atoms. The van der Waals surface area contributed by atoms with Gasteiger partial charge in [-0.3, -0.25) is 4.79 Å². The van der Waals surface area contributed by atoms with Crippen molar-refractivity contribution in [1.29, 1.82) is 0 Å². The summed E-state index contributed by atoms with van der Waals surface area (Å²) in [6.07, 6.45) is 1.61. The predicted octanol–water partition coefficient (Wildman–Crippen LogP) is 5.08. The number of sulfonamides is 1. The van der Waals surface area contributed by atoms with Gasteiger partial charge in [0.15, 0.2) is 0 Å². The molecule has 10 heteroatoms. The molecule has 1 N–H and O–H groups in total. The van der Waals surface area contributed by atoms with E-state index in [9.17, 15) is 13.2 Å². The molecule has 1 aliphatic heterocycles. The Hall–Kier alpha value is -1.51. The lowest BCUT2D eigenvalue weighted by Gasteiger charge is -2.19. The Labute approximate surface area is 184 Å². The van der Waals surface area contributed by atoms with E-state index in [1.54, 1.807) is 6.92 Å². The molecular weight excluding hydrogens is 459 g/mol. The molecule has 156 valence electrons. The third-order valence-corrected chi connectivity index (χ3v) is 7.40. The summed E-state index contributed by atoms with van der Waals surface area (Å²) in [7, 11) is -3.78. The molecule has 0 aliphatic carbocycles. The van der Waals surface area contributed by atoms with Crippen LogP contribution in [0.4, 0.5) is 5.69 Å². The van der Waals surface area contributed by atoms with Crippen molar-refractivity contribution in [2.75, 3.05) is 25.0 Å². The maximum absolute atomic E-state index is 13.1. The van der Waals surface area contributed by atoms with Crippen LogP contribution in [0.25, 0.3) is 0 Å². The van der Waals surface area contributed by atoms with Crippen molar-refractivity contribution in [2.24, 2.45) is 0 Å². The van der Waals surface area contributed by atoms with Crippen LogP contribution in [0.2, 0.25) is 15.1 Å². The number of nitrogens with zero attached hydrogens (tertiary/aromatic N) is 1. The molecule has 1 aliphatic rings. The Morgan fingerprint density at radius 2 is 1.72 bits per heavy atom. The molecule has 0 saturated carbocycles. The molecule has 6 nitrogen and oxygen atoms in total. The minimum Gasteiger partial charge on any atom is -0.492 e. The van der Waals surface area contributed by atoms with Gasteiger partial charge in [0.25, 0.3) is 5.91 Å². The summed E-state index contributed by atoms with van der Waals surface area (Å²) in [6.45, 7) is 2.96. The van der Waals surface area contributed by atoms with Crippen LogP contribution in [0.1, 0.15) is 30.1 Å². The summed E-state index contributed by atoms with van der Waals surface area (Å²) in [5.74, 6) is -0.324. The van der Waals surface area contributed by atoms with Gasteiger partial charge >= 0.3 is 0 Å². The van der Waals surface area contributed by atoms with Crippen molar-refractivity contribution in [3.63, 3.8) is 0 Å². The van der Waals surface area contributed by atoms with Crippen LogP contribution >= 0.6 is 34.8 Å². The van der Waals surface area contributed by atoms with Crippen LogP contribution in [0.3, 0.4) is 0 Å². The Balaban J connectivity index is 1.96. The lowest BCUT2D eigenvalue weighted by Crippen LogP contribution is -2.28. The molecule has 0 unspecified atom stereocenters. The van der Waals surface area contributed by atoms with E-state index < -0.39 is 15.9 Å². The first-order chi connectivity index (χ1) is 13.7. The Morgan fingerprint density at radius 3 is 2.38 bits per heavy atom. The molecule has 1 saturated heterocycles. The number of carbonyl (C=O) groups is 1. The van der Waals surface area contributed by atoms with Gasteiger partial charge in [-0.2, -0.15) is 4.31 Å². The second-order valence-electron chi connectivity index (χ2n) is 6.41. The van der Waals surface area contributed by atoms with Crippen molar-refractivity contribution in [3.8, 4) is 5.75 Å². The smallest absolute Gasteiger partial charge is 0.255 e. The third-order valence-electron chi connectivity index (χ3n) is 4.45. The highest BCUT2D eigenvalue weighted by Crippen LogP contribution is 2.33. The van der Waals surface area contributed by atoms with Crippen molar-refractivity contribution >= 4 is 56.4 Å². The average Bonchev–Trinajstić information content (AvgIpc) is 3.22. The van der Waals surface area contributed by atoms with E-state index in [0.29, 0.717) is 19.7 Å². The summed E-state index contributed by atoms with van der Waals surface area (Å²) in [4.78, 5) is 12.7. The molecule has 0 aromatic heterocycles. The number of ether oxygens (including phenoxy) is 1. The maximum Gasteiger partial charge on any atom is 0.255 e. The zero-order valence-electron chi connectivity index (χ0n) is 15.5. The fourth-order valence-corrected chi connectivity index (χ4v) is 5.27. The predicted molar refractivity (Wildman–Crippen MR) is 115 cm³/mol. The topological polar surface area (TPSA) is 75.7 Å². The second-order valence-corrected chi connectivity index (χ2v) is 9.53. The Morgan fingerprint density at radius 1 is 1.07 bits per heavy atom. The lowest BCUT2D eigenvalue weighted by molar-refractivity contribution is 0.102. The number of amides is 1. The molecule has 2 aromatic carbocycles. The standard InChI is InChI=1S/C19H19Cl3N2O4S/c1-2-28-17-6-5-12(9-18(17)29(26,27)24-7-3-4-8-24)19(25)23-16-11-14(21)13(20)10-15(16)22/h5-6,9-11H,2-4,7-8H2,1H3,(H,23,25). The number of carbonyl (C=O) groups excluding carboxylic acids is 1. The molecule has 0 radical (unpaired) electrons. The number of halogens is 3. The molecule has 0 atom stereocenters. The van der Waals surface area contributed by atoms with Gasteiger partial charge in [-0.1, -0.05) is 34.8 Å².